The first kappa shape index (κ1) is 12.2. The molecule has 0 aliphatic heterocycles. The van der Waals surface area contributed by atoms with Gasteiger partial charge in [-0.3, -0.25) is 4.79 Å². The fraction of sp³-hybridized carbons (Fsp3) is 0.400. The summed E-state index contributed by atoms with van der Waals surface area (Å²) in [6.45, 7) is 0.743. The first-order chi connectivity index (χ1) is 9.26. The number of nitrogens with two attached hydrogens (primary N) is 1. The Labute approximate surface area is 111 Å². The van der Waals surface area contributed by atoms with Gasteiger partial charge in [0.2, 0.25) is 0 Å². The van der Waals surface area contributed by atoms with Crippen LogP contribution >= 0.6 is 0 Å². The number of ether oxygens (including phenoxy) is 1. The van der Waals surface area contributed by atoms with Crippen LogP contribution in [0.3, 0.4) is 0 Å². The summed E-state index contributed by atoms with van der Waals surface area (Å²) >= 11 is 0. The molecule has 0 bridgehead atoms. The van der Waals surface area contributed by atoms with Crippen LogP contribution in [0, 0.1) is 5.92 Å². The Bertz CT molecular complexity index is 635. The van der Waals surface area contributed by atoms with Gasteiger partial charge in [0.25, 0.3) is 5.56 Å². The average molecular weight is 258 g/mol. The minimum atomic E-state index is -0.0619. The zero-order chi connectivity index (χ0) is 13.2. The van der Waals surface area contributed by atoms with E-state index in [4.69, 9.17) is 10.5 Å². The summed E-state index contributed by atoms with van der Waals surface area (Å²) in [7, 11) is 0. The first-order valence-corrected chi connectivity index (χ1v) is 6.74. The van der Waals surface area contributed by atoms with E-state index < -0.39 is 0 Å². The van der Waals surface area contributed by atoms with Gasteiger partial charge in [-0.2, -0.15) is 0 Å². The van der Waals surface area contributed by atoms with E-state index in [9.17, 15) is 4.79 Å². The highest BCUT2D eigenvalue weighted by atomic mass is 16.5. The van der Waals surface area contributed by atoms with Crippen molar-refractivity contribution < 1.29 is 4.74 Å². The van der Waals surface area contributed by atoms with Crippen molar-refractivity contribution in [3.05, 3.63) is 40.8 Å². The maximum Gasteiger partial charge on any atom is 0.255 e. The molecule has 4 heteroatoms. The summed E-state index contributed by atoms with van der Waals surface area (Å²) in [5.74, 6) is 1.43. The summed E-state index contributed by atoms with van der Waals surface area (Å²) in [5.41, 5.74) is 5.62. The topological polar surface area (TPSA) is 68.1 Å². The van der Waals surface area contributed by atoms with Crippen LogP contribution in [0.15, 0.2) is 35.3 Å². The molecule has 0 spiro atoms. The van der Waals surface area contributed by atoms with Crippen LogP contribution in [0.1, 0.15) is 19.3 Å². The molecule has 1 aliphatic rings. The Morgan fingerprint density at radius 3 is 3.00 bits per heavy atom. The van der Waals surface area contributed by atoms with Crippen molar-refractivity contribution in [2.24, 2.45) is 11.7 Å². The van der Waals surface area contributed by atoms with Crippen molar-refractivity contribution in [3.8, 4) is 5.75 Å². The Morgan fingerprint density at radius 2 is 2.21 bits per heavy atom. The SMILES string of the molecule is NC[C@H]1CC[C@H](Oc2ccc3c(=O)[nH]ccc3c2)C1. The largest absolute Gasteiger partial charge is 0.490 e. The van der Waals surface area contributed by atoms with Gasteiger partial charge < -0.3 is 15.5 Å². The zero-order valence-corrected chi connectivity index (χ0v) is 10.8. The second kappa shape index (κ2) is 5.05. The molecular formula is C15H18N2O2. The molecule has 3 N–H and O–H groups in total. The summed E-state index contributed by atoms with van der Waals surface area (Å²) in [4.78, 5) is 14.3. The Morgan fingerprint density at radius 1 is 1.32 bits per heavy atom. The molecule has 100 valence electrons. The number of nitrogens with one attached hydrogen (secondary N) is 1. The van der Waals surface area contributed by atoms with Crippen molar-refractivity contribution in [2.45, 2.75) is 25.4 Å². The highest BCUT2D eigenvalue weighted by Gasteiger charge is 2.24. The molecular weight excluding hydrogens is 240 g/mol. The van der Waals surface area contributed by atoms with Gasteiger partial charge in [-0.05, 0) is 61.4 Å². The number of aromatic nitrogens is 1. The third kappa shape index (κ3) is 2.49. The third-order valence-electron chi connectivity index (χ3n) is 3.87. The molecule has 1 heterocycles. The molecule has 4 nitrogen and oxygen atoms in total. The maximum atomic E-state index is 11.6. The molecule has 0 amide bonds. The minimum Gasteiger partial charge on any atom is -0.490 e. The highest BCUT2D eigenvalue weighted by molar-refractivity contribution is 5.82. The van der Waals surface area contributed by atoms with E-state index in [1.165, 1.54) is 0 Å². The monoisotopic (exact) mass is 258 g/mol. The van der Waals surface area contributed by atoms with E-state index in [2.05, 4.69) is 4.98 Å². The zero-order valence-electron chi connectivity index (χ0n) is 10.8. The van der Waals surface area contributed by atoms with Crippen LogP contribution in [-0.2, 0) is 0 Å². The molecule has 1 aromatic carbocycles. The van der Waals surface area contributed by atoms with E-state index in [1.54, 1.807) is 6.20 Å². The molecule has 1 aliphatic carbocycles. The van der Waals surface area contributed by atoms with Gasteiger partial charge in [0.15, 0.2) is 0 Å². The molecule has 1 fully saturated rings. The molecule has 1 aromatic heterocycles. The van der Waals surface area contributed by atoms with E-state index in [1.807, 2.05) is 24.3 Å². The summed E-state index contributed by atoms with van der Waals surface area (Å²) in [6.07, 6.45) is 5.16. The van der Waals surface area contributed by atoms with Crippen molar-refractivity contribution in [2.75, 3.05) is 6.54 Å². The van der Waals surface area contributed by atoms with Crippen LogP contribution < -0.4 is 16.0 Å². The molecule has 3 rings (SSSR count). The predicted octanol–water partition coefficient (Wildman–Crippen LogP) is 2.03. The lowest BCUT2D eigenvalue weighted by Gasteiger charge is -2.14. The van der Waals surface area contributed by atoms with Crippen molar-refractivity contribution in [1.29, 1.82) is 0 Å². The third-order valence-corrected chi connectivity index (χ3v) is 3.87. The number of H-pyrrole nitrogens is 1. The van der Waals surface area contributed by atoms with Crippen LogP contribution in [0.5, 0.6) is 5.75 Å². The van der Waals surface area contributed by atoms with Gasteiger partial charge in [0, 0.05) is 11.6 Å². The second-order valence-electron chi connectivity index (χ2n) is 5.21. The van der Waals surface area contributed by atoms with Gasteiger partial charge in [-0.1, -0.05) is 0 Å². The van der Waals surface area contributed by atoms with Gasteiger partial charge in [-0.15, -0.1) is 0 Å². The summed E-state index contributed by atoms with van der Waals surface area (Å²) in [5, 5.41) is 1.61. The number of pyridine rings is 1. The van der Waals surface area contributed by atoms with Crippen LogP contribution in [0.25, 0.3) is 10.8 Å². The molecule has 0 unspecified atom stereocenters. The smallest absolute Gasteiger partial charge is 0.255 e. The first-order valence-electron chi connectivity index (χ1n) is 6.74. The van der Waals surface area contributed by atoms with Gasteiger partial charge in [-0.25, -0.2) is 0 Å². The predicted molar refractivity (Wildman–Crippen MR) is 75.4 cm³/mol. The van der Waals surface area contributed by atoms with Gasteiger partial charge >= 0.3 is 0 Å². The minimum absolute atomic E-state index is 0.0619. The fourth-order valence-corrected chi connectivity index (χ4v) is 2.79. The maximum absolute atomic E-state index is 11.6. The lowest BCUT2D eigenvalue weighted by molar-refractivity contribution is 0.205. The van der Waals surface area contributed by atoms with Crippen molar-refractivity contribution in [3.63, 3.8) is 0 Å². The normalized spacial score (nSPS) is 22.8. The van der Waals surface area contributed by atoms with E-state index in [0.717, 1.165) is 36.9 Å². The van der Waals surface area contributed by atoms with E-state index >= 15 is 0 Å². The number of fused-ring (bicyclic) bond motifs is 1. The standard InChI is InChI=1S/C15H18N2O2/c16-9-10-1-2-12(7-10)19-13-3-4-14-11(8-13)5-6-17-15(14)18/h3-6,8,10,12H,1-2,7,9,16H2,(H,17,18)/t10-,12-/m0/s1. The fourth-order valence-electron chi connectivity index (χ4n) is 2.79. The second-order valence-corrected chi connectivity index (χ2v) is 5.21. The molecule has 2 atom stereocenters. The lowest BCUT2D eigenvalue weighted by Crippen LogP contribution is -2.15. The Kier molecular flexibility index (Phi) is 3.25. The Hall–Kier alpha value is -1.81. The molecule has 2 aromatic rings. The van der Waals surface area contributed by atoms with Crippen LogP contribution in [-0.4, -0.2) is 17.6 Å². The van der Waals surface area contributed by atoms with Crippen molar-refractivity contribution >= 4 is 10.8 Å². The number of rotatable bonds is 3. The molecule has 1 saturated carbocycles. The number of aromatic amines is 1. The van der Waals surface area contributed by atoms with Crippen LogP contribution in [0.4, 0.5) is 0 Å². The Balaban J connectivity index is 1.81. The number of hydrogen-bond acceptors (Lipinski definition) is 3. The highest BCUT2D eigenvalue weighted by Crippen LogP contribution is 2.29. The van der Waals surface area contributed by atoms with Crippen LogP contribution in [0.2, 0.25) is 0 Å². The lowest BCUT2D eigenvalue weighted by atomic mass is 10.1. The van der Waals surface area contributed by atoms with Gasteiger partial charge in [0.1, 0.15) is 5.75 Å². The molecule has 0 radical (unpaired) electrons. The van der Waals surface area contributed by atoms with E-state index in [0.29, 0.717) is 11.3 Å². The van der Waals surface area contributed by atoms with Crippen molar-refractivity contribution in [1.82, 2.24) is 4.98 Å². The quantitative estimate of drug-likeness (QED) is 0.885. The summed E-state index contributed by atoms with van der Waals surface area (Å²) < 4.78 is 5.99. The van der Waals surface area contributed by atoms with E-state index in [-0.39, 0.29) is 11.7 Å². The number of hydrogen-bond donors (Lipinski definition) is 2. The molecule has 0 saturated heterocycles. The summed E-state index contributed by atoms with van der Waals surface area (Å²) in [6, 6.07) is 7.51. The molecule has 19 heavy (non-hydrogen) atoms. The average Bonchev–Trinajstić information content (AvgIpc) is 2.86. The number of benzene rings is 1. The van der Waals surface area contributed by atoms with Gasteiger partial charge in [0.05, 0.1) is 6.10 Å².